The summed E-state index contributed by atoms with van der Waals surface area (Å²) < 4.78 is 52.3. The van der Waals surface area contributed by atoms with Crippen LogP contribution in [0.15, 0.2) is 101 Å². The molecule has 0 heterocycles. The number of carbonyl (C=O) groups excluding carboxylic acids is 2. The maximum absolute atomic E-state index is 13.7. The molecular formula is C32H31FN4O6S. The van der Waals surface area contributed by atoms with Crippen LogP contribution in [-0.2, 0) is 19.6 Å². The van der Waals surface area contributed by atoms with Crippen LogP contribution in [0.1, 0.15) is 16.7 Å². The van der Waals surface area contributed by atoms with Crippen LogP contribution >= 0.6 is 0 Å². The highest BCUT2D eigenvalue weighted by molar-refractivity contribution is 7.92. The number of benzene rings is 4. The Labute approximate surface area is 255 Å². The van der Waals surface area contributed by atoms with Crippen molar-refractivity contribution in [1.29, 1.82) is 0 Å². The zero-order chi connectivity index (χ0) is 31.7. The molecule has 4 aromatic rings. The Morgan fingerprint density at radius 2 is 1.55 bits per heavy atom. The Bertz CT molecular complexity index is 1740. The summed E-state index contributed by atoms with van der Waals surface area (Å²) in [6, 6.07) is 23.3. The number of sulfonamides is 1. The van der Waals surface area contributed by atoms with Crippen LogP contribution in [0.2, 0.25) is 0 Å². The first-order valence-corrected chi connectivity index (χ1v) is 14.8. The predicted octanol–water partition coefficient (Wildman–Crippen LogP) is 4.81. The fourth-order valence-electron chi connectivity index (χ4n) is 4.01. The molecule has 0 aliphatic carbocycles. The number of aryl methyl sites for hydroxylation is 2. The quantitative estimate of drug-likeness (QED) is 0.173. The monoisotopic (exact) mass is 618 g/mol. The van der Waals surface area contributed by atoms with Crippen LogP contribution in [0.3, 0.4) is 0 Å². The van der Waals surface area contributed by atoms with Gasteiger partial charge >= 0.3 is 0 Å². The molecule has 0 saturated heterocycles. The lowest BCUT2D eigenvalue weighted by atomic mass is 10.2. The minimum absolute atomic E-state index is 0.0261. The van der Waals surface area contributed by atoms with Crippen molar-refractivity contribution in [2.75, 3.05) is 29.9 Å². The minimum atomic E-state index is -4.15. The van der Waals surface area contributed by atoms with Gasteiger partial charge in [-0.2, -0.15) is 5.10 Å². The van der Waals surface area contributed by atoms with Crippen molar-refractivity contribution < 1.29 is 31.9 Å². The third kappa shape index (κ3) is 8.42. The standard InChI is InChI=1S/C32H31FN4O6S/c1-22-4-15-28(16-5-22)44(40,41)37(29-18-23(2)6-17-30(29)42-3)20-31(38)36-34-19-24-7-13-27(14-8-24)43-21-32(39)35-26-11-9-25(33)10-12-26/h4-19H,20-21H2,1-3H3,(H,35,39)(H,36,38)/b34-19-. The summed E-state index contributed by atoms with van der Waals surface area (Å²) in [5, 5.41) is 6.57. The molecule has 12 heteroatoms. The summed E-state index contributed by atoms with van der Waals surface area (Å²) in [5.74, 6) is -0.778. The van der Waals surface area contributed by atoms with Crippen LogP contribution in [0.5, 0.6) is 11.5 Å². The van der Waals surface area contributed by atoms with E-state index in [2.05, 4.69) is 15.8 Å². The van der Waals surface area contributed by atoms with Gasteiger partial charge < -0.3 is 14.8 Å². The summed E-state index contributed by atoms with van der Waals surface area (Å²) in [5.41, 5.74) is 5.32. The van der Waals surface area contributed by atoms with E-state index in [1.807, 2.05) is 13.8 Å². The number of rotatable bonds is 12. The zero-order valence-electron chi connectivity index (χ0n) is 24.3. The molecule has 0 bridgehead atoms. The number of hydrogen-bond donors (Lipinski definition) is 2. The van der Waals surface area contributed by atoms with E-state index < -0.39 is 34.2 Å². The van der Waals surface area contributed by atoms with Crippen molar-refractivity contribution in [3.8, 4) is 11.5 Å². The number of nitrogens with zero attached hydrogens (tertiary/aromatic N) is 2. The highest BCUT2D eigenvalue weighted by Crippen LogP contribution is 2.33. The molecule has 2 amide bonds. The first-order chi connectivity index (χ1) is 21.0. The Balaban J connectivity index is 1.39. The number of anilines is 2. The maximum atomic E-state index is 13.7. The maximum Gasteiger partial charge on any atom is 0.264 e. The largest absolute Gasteiger partial charge is 0.495 e. The fourth-order valence-corrected chi connectivity index (χ4v) is 5.43. The van der Waals surface area contributed by atoms with Crippen LogP contribution < -0.4 is 24.5 Å². The van der Waals surface area contributed by atoms with Gasteiger partial charge in [-0.25, -0.2) is 18.2 Å². The van der Waals surface area contributed by atoms with Crippen molar-refractivity contribution in [2.24, 2.45) is 5.10 Å². The predicted molar refractivity (Wildman–Crippen MR) is 166 cm³/mol. The smallest absolute Gasteiger partial charge is 0.264 e. The molecule has 4 rings (SSSR count). The summed E-state index contributed by atoms with van der Waals surface area (Å²) >= 11 is 0. The molecule has 228 valence electrons. The van der Waals surface area contributed by atoms with Gasteiger partial charge in [-0.1, -0.05) is 23.8 Å². The van der Waals surface area contributed by atoms with E-state index in [9.17, 15) is 22.4 Å². The molecule has 0 radical (unpaired) electrons. The lowest BCUT2D eigenvalue weighted by molar-refractivity contribution is -0.119. The number of hydrogen-bond acceptors (Lipinski definition) is 7. The van der Waals surface area contributed by atoms with Crippen LogP contribution in [0.25, 0.3) is 0 Å². The summed E-state index contributed by atoms with van der Waals surface area (Å²) in [6.07, 6.45) is 1.38. The van der Waals surface area contributed by atoms with Gasteiger partial charge in [-0.05, 0) is 97.8 Å². The molecule has 0 aromatic heterocycles. The number of halogens is 1. The van der Waals surface area contributed by atoms with Crippen LogP contribution in [0, 0.1) is 19.7 Å². The van der Waals surface area contributed by atoms with Gasteiger partial charge in [0.1, 0.15) is 23.9 Å². The van der Waals surface area contributed by atoms with Crippen molar-refractivity contribution in [3.05, 3.63) is 114 Å². The third-order valence-corrected chi connectivity index (χ3v) is 8.05. The van der Waals surface area contributed by atoms with E-state index in [0.717, 1.165) is 15.4 Å². The molecule has 0 spiro atoms. The van der Waals surface area contributed by atoms with Crippen LogP contribution in [0.4, 0.5) is 15.8 Å². The average molecular weight is 619 g/mol. The summed E-state index contributed by atoms with van der Waals surface area (Å²) in [7, 11) is -2.72. The number of amides is 2. The Kier molecular flexibility index (Phi) is 10.3. The third-order valence-electron chi connectivity index (χ3n) is 6.28. The zero-order valence-corrected chi connectivity index (χ0v) is 25.1. The second kappa shape index (κ2) is 14.3. The van der Waals surface area contributed by atoms with Crippen LogP contribution in [-0.4, -0.2) is 46.7 Å². The molecule has 0 saturated carbocycles. The molecule has 4 aromatic carbocycles. The van der Waals surface area contributed by atoms with E-state index in [1.54, 1.807) is 54.6 Å². The topological polar surface area (TPSA) is 126 Å². The molecule has 0 unspecified atom stereocenters. The summed E-state index contributed by atoms with van der Waals surface area (Å²) in [4.78, 5) is 25.0. The molecule has 10 nitrogen and oxygen atoms in total. The SMILES string of the molecule is COc1ccc(C)cc1N(CC(=O)N/N=C\c1ccc(OCC(=O)Nc2ccc(F)cc2)cc1)S(=O)(=O)c1ccc(C)cc1. The molecular weight excluding hydrogens is 587 g/mol. The number of methoxy groups -OCH3 is 1. The molecule has 0 aliphatic rings. The molecule has 2 N–H and O–H groups in total. The number of hydrazone groups is 1. The van der Waals surface area contributed by atoms with Crippen molar-refractivity contribution in [3.63, 3.8) is 0 Å². The second-order valence-corrected chi connectivity index (χ2v) is 11.6. The van der Waals surface area contributed by atoms with Gasteiger partial charge in [0.2, 0.25) is 0 Å². The fraction of sp³-hybridized carbons (Fsp3) is 0.156. The average Bonchev–Trinajstić information content (AvgIpc) is 3.01. The van der Waals surface area contributed by atoms with Crippen molar-refractivity contribution in [2.45, 2.75) is 18.7 Å². The number of nitrogens with one attached hydrogen (secondary N) is 2. The van der Waals surface area contributed by atoms with Crippen molar-refractivity contribution in [1.82, 2.24) is 5.43 Å². The van der Waals surface area contributed by atoms with Gasteiger partial charge in [-0.15, -0.1) is 0 Å². The lowest BCUT2D eigenvalue weighted by Gasteiger charge is -2.25. The Morgan fingerprint density at radius 3 is 2.20 bits per heavy atom. The van der Waals surface area contributed by atoms with Gasteiger partial charge in [-0.3, -0.25) is 13.9 Å². The highest BCUT2D eigenvalue weighted by atomic mass is 32.2. The highest BCUT2D eigenvalue weighted by Gasteiger charge is 2.29. The van der Waals surface area contributed by atoms with Gasteiger partial charge in [0, 0.05) is 5.69 Å². The van der Waals surface area contributed by atoms with E-state index in [-0.39, 0.29) is 22.9 Å². The lowest BCUT2D eigenvalue weighted by Crippen LogP contribution is -2.39. The molecule has 0 atom stereocenters. The summed E-state index contributed by atoms with van der Waals surface area (Å²) in [6.45, 7) is 2.85. The first-order valence-electron chi connectivity index (χ1n) is 13.4. The number of ether oxygens (including phenoxy) is 2. The van der Waals surface area contributed by atoms with E-state index in [0.29, 0.717) is 17.0 Å². The van der Waals surface area contributed by atoms with Gasteiger partial charge in [0.05, 0.1) is 23.9 Å². The minimum Gasteiger partial charge on any atom is -0.495 e. The Morgan fingerprint density at radius 1 is 0.886 bits per heavy atom. The van der Waals surface area contributed by atoms with E-state index in [4.69, 9.17) is 9.47 Å². The second-order valence-electron chi connectivity index (χ2n) is 9.71. The Hall–Kier alpha value is -5.23. The normalized spacial score (nSPS) is 11.2. The van der Waals surface area contributed by atoms with Gasteiger partial charge in [0.25, 0.3) is 21.8 Å². The van der Waals surface area contributed by atoms with E-state index in [1.165, 1.54) is 49.7 Å². The van der Waals surface area contributed by atoms with Gasteiger partial charge in [0.15, 0.2) is 6.61 Å². The number of carbonyl (C=O) groups is 2. The molecule has 0 fully saturated rings. The van der Waals surface area contributed by atoms with Crippen molar-refractivity contribution >= 4 is 39.4 Å². The van der Waals surface area contributed by atoms with E-state index >= 15 is 0 Å². The first kappa shape index (κ1) is 31.7. The molecule has 0 aliphatic heterocycles. The molecule has 44 heavy (non-hydrogen) atoms.